The van der Waals surface area contributed by atoms with Crippen molar-refractivity contribution in [2.24, 2.45) is 11.5 Å². The fourth-order valence-corrected chi connectivity index (χ4v) is 3.03. The van der Waals surface area contributed by atoms with Gasteiger partial charge in [-0.25, -0.2) is 9.78 Å². The third-order valence-electron chi connectivity index (χ3n) is 4.77. The van der Waals surface area contributed by atoms with Crippen molar-refractivity contribution in [3.8, 4) is 0 Å². The van der Waals surface area contributed by atoms with Gasteiger partial charge in [-0.1, -0.05) is 0 Å². The maximum atomic E-state index is 12.8. The second-order valence-corrected chi connectivity index (χ2v) is 7.91. The Morgan fingerprint density at radius 1 is 1.12 bits per heavy atom. The molecule has 3 amide bonds. The van der Waals surface area contributed by atoms with Crippen LogP contribution in [0.2, 0.25) is 0 Å². The van der Waals surface area contributed by atoms with Crippen molar-refractivity contribution in [2.75, 3.05) is 12.3 Å². The molecule has 0 saturated carbocycles. The van der Waals surface area contributed by atoms with Crippen LogP contribution < -0.4 is 27.4 Å². The van der Waals surface area contributed by atoms with Gasteiger partial charge in [-0.2, -0.15) is 12.6 Å². The highest BCUT2D eigenvalue weighted by molar-refractivity contribution is 7.80. The number of carbonyl (C=O) groups is 4. The molecule has 1 aromatic rings. The minimum absolute atomic E-state index is 0.0641. The number of aliphatic carboxylic acids is 1. The third-order valence-corrected chi connectivity index (χ3v) is 5.16. The predicted molar refractivity (Wildman–Crippen MR) is 122 cm³/mol. The smallest absolute Gasteiger partial charge is 0.326 e. The number of aromatic amines is 1. The lowest BCUT2D eigenvalue weighted by Gasteiger charge is -2.26. The van der Waals surface area contributed by atoms with Gasteiger partial charge in [-0.3, -0.25) is 14.4 Å². The monoisotopic (exact) mass is 487 g/mol. The fourth-order valence-electron chi connectivity index (χ4n) is 2.86. The molecule has 33 heavy (non-hydrogen) atoms. The lowest BCUT2D eigenvalue weighted by molar-refractivity contribution is -0.143. The van der Waals surface area contributed by atoms with E-state index in [1.165, 1.54) is 19.4 Å². The Kier molecular flexibility index (Phi) is 12.4. The van der Waals surface area contributed by atoms with Gasteiger partial charge in [-0.15, -0.1) is 0 Å². The lowest BCUT2D eigenvalue weighted by atomic mass is 10.1. The van der Waals surface area contributed by atoms with Gasteiger partial charge in [0.1, 0.15) is 18.1 Å². The van der Waals surface area contributed by atoms with Crippen molar-refractivity contribution in [3.63, 3.8) is 0 Å². The van der Waals surface area contributed by atoms with Crippen LogP contribution >= 0.6 is 12.6 Å². The second-order valence-electron chi connectivity index (χ2n) is 7.54. The van der Waals surface area contributed by atoms with Crippen molar-refractivity contribution in [2.45, 2.75) is 62.9 Å². The normalized spacial score (nSPS) is 15.5. The molecule has 0 aliphatic carbocycles. The van der Waals surface area contributed by atoms with E-state index in [1.54, 1.807) is 0 Å². The molecule has 0 aliphatic rings. The Morgan fingerprint density at radius 2 is 1.79 bits per heavy atom. The number of nitrogens with zero attached hydrogens (tertiary/aromatic N) is 1. The van der Waals surface area contributed by atoms with Gasteiger partial charge in [0.2, 0.25) is 17.7 Å². The largest absolute Gasteiger partial charge is 0.480 e. The summed E-state index contributed by atoms with van der Waals surface area (Å²) in [7, 11) is 0. The molecule has 1 heterocycles. The Morgan fingerprint density at radius 3 is 2.30 bits per heavy atom. The summed E-state index contributed by atoms with van der Waals surface area (Å²) in [6, 6.07) is -4.77. The molecule has 13 nitrogen and oxygen atoms in total. The van der Waals surface area contributed by atoms with Crippen molar-refractivity contribution in [1.29, 1.82) is 0 Å². The molecule has 186 valence electrons. The first-order valence-corrected chi connectivity index (χ1v) is 11.1. The van der Waals surface area contributed by atoms with Crippen LogP contribution in [0.4, 0.5) is 0 Å². The zero-order valence-electron chi connectivity index (χ0n) is 18.4. The molecule has 0 aliphatic heterocycles. The number of H-pyrrole nitrogens is 1. The molecule has 5 atom stereocenters. The molecule has 1 aromatic heterocycles. The average molecular weight is 488 g/mol. The molecular weight excluding hydrogens is 454 g/mol. The first-order valence-electron chi connectivity index (χ1n) is 10.5. The van der Waals surface area contributed by atoms with E-state index in [1.807, 2.05) is 0 Å². The number of carboxylic acid groups (broad SMARTS) is 1. The van der Waals surface area contributed by atoms with Crippen molar-refractivity contribution in [1.82, 2.24) is 25.9 Å². The van der Waals surface area contributed by atoms with Crippen LogP contribution in [0.1, 0.15) is 31.9 Å². The summed E-state index contributed by atoms with van der Waals surface area (Å²) >= 11 is 3.96. The topological polar surface area (TPSA) is 226 Å². The Labute approximate surface area is 196 Å². The van der Waals surface area contributed by atoms with Crippen LogP contribution in [0.15, 0.2) is 12.5 Å². The number of aliphatic hydroxyl groups excluding tert-OH is 1. The maximum Gasteiger partial charge on any atom is 0.326 e. The Bertz CT molecular complexity index is 777. The van der Waals surface area contributed by atoms with E-state index in [9.17, 15) is 29.4 Å². The maximum absolute atomic E-state index is 12.8. The summed E-state index contributed by atoms with van der Waals surface area (Å²) in [5.41, 5.74) is 11.6. The van der Waals surface area contributed by atoms with Crippen LogP contribution in [-0.2, 0) is 25.6 Å². The number of hydrogen-bond donors (Lipinski definition) is 9. The number of nitrogens with one attached hydrogen (secondary N) is 4. The van der Waals surface area contributed by atoms with Crippen LogP contribution in [0.3, 0.4) is 0 Å². The molecule has 0 spiro atoms. The number of imidazole rings is 1. The van der Waals surface area contributed by atoms with Crippen molar-refractivity contribution < 1.29 is 29.4 Å². The highest BCUT2D eigenvalue weighted by Crippen LogP contribution is 2.05. The molecule has 14 heteroatoms. The van der Waals surface area contributed by atoms with Gasteiger partial charge < -0.3 is 42.6 Å². The van der Waals surface area contributed by atoms with Gasteiger partial charge in [-0.05, 0) is 32.7 Å². The average Bonchev–Trinajstić information content (AvgIpc) is 3.28. The SMILES string of the molecule is CC(O)C(NC(=O)C(CCCCN)NC(=O)C(N)CS)C(=O)NC(Cc1cnc[nH]1)C(=O)O. The van der Waals surface area contributed by atoms with E-state index in [2.05, 4.69) is 38.5 Å². The Balaban J connectivity index is 2.91. The molecule has 1 rings (SSSR count). The lowest BCUT2D eigenvalue weighted by Crippen LogP contribution is -2.60. The number of unbranched alkanes of at least 4 members (excludes halogenated alkanes) is 1. The van der Waals surface area contributed by atoms with Gasteiger partial charge in [0.25, 0.3) is 0 Å². The first-order chi connectivity index (χ1) is 15.6. The molecule has 0 bridgehead atoms. The molecular formula is C19H33N7O6S. The van der Waals surface area contributed by atoms with Crippen molar-refractivity contribution >= 4 is 36.3 Å². The summed E-state index contributed by atoms with van der Waals surface area (Å²) < 4.78 is 0. The van der Waals surface area contributed by atoms with Gasteiger partial charge in [0, 0.05) is 24.1 Å². The zero-order valence-corrected chi connectivity index (χ0v) is 19.3. The number of aliphatic hydroxyl groups is 1. The quantitative estimate of drug-likeness (QED) is 0.0922. The highest BCUT2D eigenvalue weighted by atomic mass is 32.1. The zero-order chi connectivity index (χ0) is 25.0. The van der Waals surface area contributed by atoms with E-state index in [0.717, 1.165) is 0 Å². The number of carboxylic acids is 1. The fraction of sp³-hybridized carbons (Fsp3) is 0.632. The van der Waals surface area contributed by atoms with Gasteiger partial charge in [0.15, 0.2) is 0 Å². The van der Waals surface area contributed by atoms with E-state index in [-0.39, 0.29) is 18.6 Å². The molecule has 0 radical (unpaired) electrons. The second kappa shape index (κ2) is 14.5. The van der Waals surface area contributed by atoms with Crippen LogP contribution in [0.25, 0.3) is 0 Å². The summed E-state index contributed by atoms with van der Waals surface area (Å²) in [6.45, 7) is 1.66. The molecule has 0 saturated heterocycles. The van der Waals surface area contributed by atoms with Crippen LogP contribution in [0, 0.1) is 0 Å². The number of aromatic nitrogens is 2. The van der Waals surface area contributed by atoms with Crippen molar-refractivity contribution in [3.05, 3.63) is 18.2 Å². The number of amides is 3. The number of thiol groups is 1. The van der Waals surface area contributed by atoms with E-state index in [4.69, 9.17) is 11.5 Å². The van der Waals surface area contributed by atoms with E-state index >= 15 is 0 Å². The molecule has 5 unspecified atom stereocenters. The van der Waals surface area contributed by atoms with Gasteiger partial charge in [0.05, 0.1) is 18.5 Å². The predicted octanol–water partition coefficient (Wildman–Crippen LogP) is -2.74. The number of carbonyl (C=O) groups excluding carboxylic acids is 3. The number of nitrogens with two attached hydrogens (primary N) is 2. The van der Waals surface area contributed by atoms with E-state index < -0.39 is 54.0 Å². The minimum atomic E-state index is -1.46. The first kappa shape index (κ1) is 28.4. The molecule has 0 fully saturated rings. The minimum Gasteiger partial charge on any atom is -0.480 e. The van der Waals surface area contributed by atoms with E-state index in [0.29, 0.717) is 25.1 Å². The number of rotatable bonds is 15. The summed E-state index contributed by atoms with van der Waals surface area (Å²) in [6.07, 6.45) is 2.69. The summed E-state index contributed by atoms with van der Waals surface area (Å²) in [5, 5.41) is 26.7. The molecule has 10 N–H and O–H groups in total. The molecule has 0 aromatic carbocycles. The third kappa shape index (κ3) is 9.77. The summed E-state index contributed by atoms with van der Waals surface area (Å²) in [5.74, 6) is -3.46. The van der Waals surface area contributed by atoms with Crippen LogP contribution in [0.5, 0.6) is 0 Å². The van der Waals surface area contributed by atoms with Gasteiger partial charge >= 0.3 is 5.97 Å². The Hall–Kier alpha value is -2.68. The summed E-state index contributed by atoms with van der Waals surface area (Å²) in [4.78, 5) is 55.8. The van der Waals surface area contributed by atoms with Crippen LogP contribution in [-0.4, -0.2) is 86.4 Å². The standard InChI is InChI=1S/C19H33N7O6S/c1-10(27)15(18(30)25-14(19(31)32)6-11-7-22-9-23-11)26-17(29)13(4-2-3-5-20)24-16(28)12(21)8-33/h7,9-10,12-15,27,33H,2-6,8,20-21H2,1H3,(H,22,23)(H,24,28)(H,25,30)(H,26,29)(H,31,32). The highest BCUT2D eigenvalue weighted by Gasteiger charge is 2.32. The number of hydrogen-bond acceptors (Lipinski definition) is 9.